The molecule has 1 aliphatic carbocycles. The van der Waals surface area contributed by atoms with Gasteiger partial charge in [0.2, 0.25) is 0 Å². The van der Waals surface area contributed by atoms with Crippen LogP contribution in [0.2, 0.25) is 0 Å². The maximum absolute atomic E-state index is 12.4. The van der Waals surface area contributed by atoms with E-state index in [1.807, 2.05) is 31.2 Å². The molecule has 0 spiro atoms. The Hall–Kier alpha value is -1.88. The van der Waals surface area contributed by atoms with E-state index in [9.17, 15) is 9.00 Å². The highest BCUT2D eigenvalue weighted by Gasteiger charge is 2.20. The van der Waals surface area contributed by atoms with Crippen LogP contribution in [0, 0.1) is 6.92 Å². The summed E-state index contributed by atoms with van der Waals surface area (Å²) in [6, 6.07) is 11.3. The van der Waals surface area contributed by atoms with Gasteiger partial charge in [-0.25, -0.2) is 0 Å². The Morgan fingerprint density at radius 3 is 2.70 bits per heavy atom. The number of nitrogens with one attached hydrogen (secondary N) is 1. The summed E-state index contributed by atoms with van der Waals surface area (Å²) in [6.07, 6.45) is 4.42. The molecule has 3 rings (SSSR count). The van der Waals surface area contributed by atoms with Gasteiger partial charge in [-0.15, -0.1) is 0 Å². The quantitative estimate of drug-likeness (QED) is 0.911. The zero-order valence-electron chi connectivity index (χ0n) is 13.2. The molecule has 1 heterocycles. The number of hydrogen-bond acceptors (Lipinski definition) is 3. The van der Waals surface area contributed by atoms with E-state index >= 15 is 0 Å². The fourth-order valence-corrected chi connectivity index (χ4v) is 4.15. The van der Waals surface area contributed by atoms with Gasteiger partial charge in [-0.1, -0.05) is 31.0 Å². The molecule has 1 aromatic heterocycles. The van der Waals surface area contributed by atoms with Crippen LogP contribution in [0.4, 0.5) is 0 Å². The van der Waals surface area contributed by atoms with Crippen LogP contribution in [0.3, 0.4) is 0 Å². The van der Waals surface area contributed by atoms with E-state index in [2.05, 4.69) is 5.32 Å². The molecule has 0 aliphatic heterocycles. The Morgan fingerprint density at radius 2 is 1.96 bits per heavy atom. The van der Waals surface area contributed by atoms with E-state index < -0.39 is 10.8 Å². The third kappa shape index (κ3) is 3.91. The van der Waals surface area contributed by atoms with Gasteiger partial charge < -0.3 is 9.73 Å². The number of benzene rings is 1. The average Bonchev–Trinajstić information content (AvgIpc) is 3.19. The fourth-order valence-electron chi connectivity index (χ4n) is 2.92. The number of amides is 1. The molecule has 1 atom stereocenters. The lowest BCUT2D eigenvalue weighted by Gasteiger charge is -2.09. The highest BCUT2D eigenvalue weighted by molar-refractivity contribution is 7.84. The van der Waals surface area contributed by atoms with Crippen LogP contribution in [0.1, 0.15) is 47.6 Å². The normalized spacial score (nSPS) is 16.4. The second-order valence-electron chi connectivity index (χ2n) is 5.98. The van der Waals surface area contributed by atoms with E-state index in [0.29, 0.717) is 11.5 Å². The van der Waals surface area contributed by atoms with E-state index in [1.54, 1.807) is 12.1 Å². The third-order valence-corrected chi connectivity index (χ3v) is 5.68. The Labute approximate surface area is 138 Å². The van der Waals surface area contributed by atoms with Crippen molar-refractivity contribution in [2.75, 3.05) is 0 Å². The molecule has 122 valence electrons. The molecular weight excluding hydrogens is 310 g/mol. The molecule has 1 amide bonds. The summed E-state index contributed by atoms with van der Waals surface area (Å²) in [7, 11) is -1.18. The van der Waals surface area contributed by atoms with Crippen LogP contribution in [0.25, 0.3) is 0 Å². The van der Waals surface area contributed by atoms with Gasteiger partial charge in [0.1, 0.15) is 5.76 Å². The second-order valence-corrected chi connectivity index (χ2v) is 7.40. The van der Waals surface area contributed by atoms with E-state index in [4.69, 9.17) is 4.42 Å². The summed E-state index contributed by atoms with van der Waals surface area (Å²) in [5, 5.41) is 2.99. The fraction of sp³-hybridized carbons (Fsp3) is 0.389. The van der Waals surface area contributed by atoms with Gasteiger partial charge in [0, 0.05) is 10.9 Å². The molecule has 1 unspecified atom stereocenters. The summed E-state index contributed by atoms with van der Waals surface area (Å²) in [4.78, 5) is 12.9. The summed E-state index contributed by atoms with van der Waals surface area (Å²) in [6.45, 7) is 1.94. The Kier molecular flexibility index (Phi) is 4.96. The predicted octanol–water partition coefficient (Wildman–Crippen LogP) is 3.57. The van der Waals surface area contributed by atoms with Crippen molar-refractivity contribution in [1.82, 2.24) is 5.32 Å². The molecule has 1 aliphatic rings. The Bertz CT molecular complexity index is 717. The summed E-state index contributed by atoms with van der Waals surface area (Å²) in [5.41, 5.74) is 0.997. The number of furan rings is 1. The zero-order chi connectivity index (χ0) is 16.2. The lowest BCUT2D eigenvalue weighted by Crippen LogP contribution is -2.32. The summed E-state index contributed by atoms with van der Waals surface area (Å²) >= 11 is 0. The topological polar surface area (TPSA) is 59.3 Å². The lowest BCUT2D eigenvalue weighted by molar-refractivity contribution is 0.0908. The first-order valence-electron chi connectivity index (χ1n) is 7.97. The van der Waals surface area contributed by atoms with E-state index in [0.717, 1.165) is 23.3 Å². The van der Waals surface area contributed by atoms with Crippen LogP contribution in [-0.2, 0) is 16.6 Å². The molecule has 1 N–H and O–H groups in total. The van der Waals surface area contributed by atoms with Crippen molar-refractivity contribution in [3.05, 3.63) is 53.5 Å². The third-order valence-electron chi connectivity index (χ3n) is 4.19. The molecular formula is C18H21NO3S. The minimum atomic E-state index is -1.18. The molecule has 1 saturated carbocycles. The SMILES string of the molecule is Cc1ccccc1S(=O)Cc1ccc(C(=O)NC2CCCC2)o1. The molecule has 4 nitrogen and oxygen atoms in total. The number of hydrogen-bond donors (Lipinski definition) is 1. The highest BCUT2D eigenvalue weighted by Crippen LogP contribution is 2.20. The van der Waals surface area contributed by atoms with Crippen LogP contribution in [0.5, 0.6) is 0 Å². The molecule has 0 bridgehead atoms. The first kappa shape index (κ1) is 16.0. The zero-order valence-corrected chi connectivity index (χ0v) is 14.0. The smallest absolute Gasteiger partial charge is 0.287 e. The Morgan fingerprint density at radius 1 is 1.22 bits per heavy atom. The Balaban J connectivity index is 1.64. The molecule has 5 heteroatoms. The molecule has 1 fully saturated rings. The van der Waals surface area contributed by atoms with Crippen molar-refractivity contribution in [2.24, 2.45) is 0 Å². The van der Waals surface area contributed by atoms with E-state index in [1.165, 1.54) is 12.8 Å². The van der Waals surface area contributed by atoms with Gasteiger partial charge in [-0.2, -0.15) is 0 Å². The van der Waals surface area contributed by atoms with Crippen molar-refractivity contribution in [3.8, 4) is 0 Å². The van der Waals surface area contributed by atoms with Crippen LogP contribution in [0.15, 0.2) is 45.7 Å². The van der Waals surface area contributed by atoms with Crippen LogP contribution < -0.4 is 5.32 Å². The molecule has 2 aromatic rings. The van der Waals surface area contributed by atoms with Crippen molar-refractivity contribution >= 4 is 16.7 Å². The maximum atomic E-state index is 12.4. The van der Waals surface area contributed by atoms with Gasteiger partial charge in [0.05, 0.1) is 16.6 Å². The van der Waals surface area contributed by atoms with Crippen LogP contribution in [-0.4, -0.2) is 16.2 Å². The van der Waals surface area contributed by atoms with Gasteiger partial charge in [-0.3, -0.25) is 9.00 Å². The van der Waals surface area contributed by atoms with Gasteiger partial charge in [0.15, 0.2) is 5.76 Å². The van der Waals surface area contributed by atoms with Crippen molar-refractivity contribution in [2.45, 2.75) is 49.3 Å². The van der Waals surface area contributed by atoms with Crippen molar-refractivity contribution in [1.29, 1.82) is 0 Å². The van der Waals surface area contributed by atoms with Gasteiger partial charge in [0.25, 0.3) is 5.91 Å². The predicted molar refractivity (Wildman–Crippen MR) is 89.7 cm³/mol. The standard InChI is InChI=1S/C18H21NO3S/c1-13-6-2-5-9-17(13)23(21)12-15-10-11-16(22-15)18(20)19-14-7-3-4-8-14/h2,5-6,9-11,14H,3-4,7-8,12H2,1H3,(H,19,20). The van der Waals surface area contributed by atoms with Crippen LogP contribution >= 0.6 is 0 Å². The second kappa shape index (κ2) is 7.13. The minimum Gasteiger partial charge on any atom is -0.455 e. The average molecular weight is 331 g/mol. The molecule has 23 heavy (non-hydrogen) atoms. The number of carbonyl (C=O) groups excluding carboxylic acids is 1. The van der Waals surface area contributed by atoms with Crippen molar-refractivity contribution < 1.29 is 13.4 Å². The maximum Gasteiger partial charge on any atom is 0.287 e. The first-order chi connectivity index (χ1) is 11.1. The monoisotopic (exact) mass is 331 g/mol. The lowest BCUT2D eigenvalue weighted by atomic mass is 10.2. The molecule has 0 saturated heterocycles. The largest absolute Gasteiger partial charge is 0.455 e. The molecule has 1 aromatic carbocycles. The molecule has 0 radical (unpaired) electrons. The number of rotatable bonds is 5. The van der Waals surface area contributed by atoms with Gasteiger partial charge in [-0.05, 0) is 43.5 Å². The summed E-state index contributed by atoms with van der Waals surface area (Å²) in [5.74, 6) is 0.975. The first-order valence-corrected chi connectivity index (χ1v) is 9.29. The number of aryl methyl sites for hydroxylation is 1. The number of carbonyl (C=O) groups is 1. The van der Waals surface area contributed by atoms with E-state index in [-0.39, 0.29) is 17.7 Å². The van der Waals surface area contributed by atoms with Crippen molar-refractivity contribution in [3.63, 3.8) is 0 Å². The highest BCUT2D eigenvalue weighted by atomic mass is 32.2. The minimum absolute atomic E-state index is 0.176. The summed E-state index contributed by atoms with van der Waals surface area (Å²) < 4.78 is 18.0. The van der Waals surface area contributed by atoms with Gasteiger partial charge >= 0.3 is 0 Å².